The normalized spacial score (nSPS) is 12.2. The Morgan fingerprint density at radius 3 is 2.36 bits per heavy atom. The van der Waals surface area contributed by atoms with E-state index in [2.05, 4.69) is 80.7 Å². The molecule has 0 aliphatic heterocycles. The third-order valence-electron chi connectivity index (χ3n) is 5.05. The highest BCUT2D eigenvalue weighted by Gasteiger charge is 2.17. The molecule has 2 aromatic carbocycles. The van der Waals surface area contributed by atoms with Crippen molar-refractivity contribution in [2.75, 3.05) is 5.32 Å². The van der Waals surface area contributed by atoms with Crippen LogP contribution in [0.1, 0.15) is 43.3 Å². The first-order valence-electron chi connectivity index (χ1n) is 9.93. The number of nitrogens with zero attached hydrogens (tertiary/aromatic N) is 3. The molecular weight excluding hydrogens is 344 g/mol. The van der Waals surface area contributed by atoms with Gasteiger partial charge in [-0.1, -0.05) is 74.0 Å². The zero-order valence-corrected chi connectivity index (χ0v) is 16.7. The summed E-state index contributed by atoms with van der Waals surface area (Å²) in [4.78, 5) is 4.96. The molecule has 4 nitrogen and oxygen atoms in total. The topological polar surface area (TPSA) is 42.2 Å². The number of hydrogen-bond acceptors (Lipinski definition) is 3. The number of anilines is 1. The molecule has 4 aromatic rings. The van der Waals surface area contributed by atoms with Crippen LogP contribution in [0.15, 0.2) is 66.7 Å². The van der Waals surface area contributed by atoms with Crippen LogP contribution in [0.2, 0.25) is 0 Å². The summed E-state index contributed by atoms with van der Waals surface area (Å²) in [6.45, 7) is 6.42. The molecule has 0 saturated heterocycles. The molecule has 0 amide bonds. The molecule has 0 bridgehead atoms. The Bertz CT molecular complexity index is 1070. The second-order valence-electron chi connectivity index (χ2n) is 7.22. The van der Waals surface area contributed by atoms with Crippen molar-refractivity contribution in [3.05, 3.63) is 83.7 Å². The van der Waals surface area contributed by atoms with Crippen LogP contribution in [-0.4, -0.2) is 14.6 Å². The summed E-state index contributed by atoms with van der Waals surface area (Å²) in [5.41, 5.74) is 6.50. The van der Waals surface area contributed by atoms with Gasteiger partial charge in [0.25, 0.3) is 0 Å². The van der Waals surface area contributed by atoms with Gasteiger partial charge < -0.3 is 5.32 Å². The maximum Gasteiger partial charge on any atom is 0.165 e. The monoisotopic (exact) mass is 370 g/mol. The Morgan fingerprint density at radius 1 is 1.00 bits per heavy atom. The lowest BCUT2D eigenvalue weighted by Crippen LogP contribution is -2.12. The molecular formula is C24H26N4. The number of fused-ring (bicyclic) bond motifs is 1. The van der Waals surface area contributed by atoms with Gasteiger partial charge in [-0.3, -0.25) is 0 Å². The highest BCUT2D eigenvalue weighted by molar-refractivity contribution is 5.80. The van der Waals surface area contributed by atoms with Crippen molar-refractivity contribution in [1.29, 1.82) is 0 Å². The standard InChI is InChI=1S/C24H26N4/c1-4-11-21-16-22(25-17(2)19-12-7-5-8-13-19)28-24(26-21)23(18(3)27-28)20-14-9-6-10-15-20/h5-10,12-17,25H,4,11H2,1-3H3/t17-/m1/s1. The summed E-state index contributed by atoms with van der Waals surface area (Å²) >= 11 is 0. The van der Waals surface area contributed by atoms with E-state index in [9.17, 15) is 0 Å². The molecule has 28 heavy (non-hydrogen) atoms. The molecule has 0 unspecified atom stereocenters. The second kappa shape index (κ2) is 7.85. The third kappa shape index (κ3) is 3.50. The van der Waals surface area contributed by atoms with Crippen LogP contribution < -0.4 is 5.32 Å². The van der Waals surface area contributed by atoms with Crippen LogP contribution in [-0.2, 0) is 6.42 Å². The first-order chi connectivity index (χ1) is 13.7. The Kier molecular flexibility index (Phi) is 5.11. The Balaban J connectivity index is 1.84. The molecule has 4 rings (SSSR count). The molecule has 142 valence electrons. The number of hydrogen-bond donors (Lipinski definition) is 1. The molecule has 1 atom stereocenters. The van der Waals surface area contributed by atoms with E-state index < -0.39 is 0 Å². The lowest BCUT2D eigenvalue weighted by Gasteiger charge is -2.17. The maximum absolute atomic E-state index is 4.96. The van der Waals surface area contributed by atoms with E-state index in [0.29, 0.717) is 0 Å². The number of aryl methyl sites for hydroxylation is 2. The lowest BCUT2D eigenvalue weighted by atomic mass is 10.1. The number of aromatic nitrogens is 3. The Morgan fingerprint density at radius 2 is 1.68 bits per heavy atom. The predicted molar refractivity (Wildman–Crippen MR) is 116 cm³/mol. The van der Waals surface area contributed by atoms with E-state index in [1.807, 2.05) is 16.6 Å². The number of rotatable bonds is 6. The minimum Gasteiger partial charge on any atom is -0.363 e. The zero-order valence-electron chi connectivity index (χ0n) is 16.7. The molecule has 1 N–H and O–H groups in total. The molecule has 0 aliphatic carbocycles. The average Bonchev–Trinajstić information content (AvgIpc) is 3.05. The SMILES string of the molecule is CCCc1cc(N[C@H](C)c2ccccc2)n2nc(C)c(-c3ccccc3)c2n1. The second-order valence-corrected chi connectivity index (χ2v) is 7.22. The highest BCUT2D eigenvalue weighted by atomic mass is 15.3. The van der Waals surface area contributed by atoms with E-state index in [4.69, 9.17) is 10.1 Å². The van der Waals surface area contributed by atoms with Crippen molar-refractivity contribution >= 4 is 11.5 Å². The molecule has 4 heteroatoms. The van der Waals surface area contributed by atoms with E-state index in [0.717, 1.165) is 46.8 Å². The van der Waals surface area contributed by atoms with Crippen molar-refractivity contribution in [3.8, 4) is 11.1 Å². The van der Waals surface area contributed by atoms with Gasteiger partial charge in [0.2, 0.25) is 0 Å². The minimum atomic E-state index is 0.172. The van der Waals surface area contributed by atoms with Crippen LogP contribution in [0.4, 0.5) is 5.82 Å². The molecule has 0 aliphatic rings. The largest absolute Gasteiger partial charge is 0.363 e. The van der Waals surface area contributed by atoms with Gasteiger partial charge in [0.1, 0.15) is 5.82 Å². The summed E-state index contributed by atoms with van der Waals surface area (Å²) in [5, 5.41) is 8.48. The van der Waals surface area contributed by atoms with Gasteiger partial charge in [-0.2, -0.15) is 9.61 Å². The van der Waals surface area contributed by atoms with E-state index >= 15 is 0 Å². The fourth-order valence-corrected chi connectivity index (χ4v) is 3.65. The van der Waals surface area contributed by atoms with Gasteiger partial charge in [0.05, 0.1) is 5.69 Å². The number of nitrogens with one attached hydrogen (secondary N) is 1. The summed E-state index contributed by atoms with van der Waals surface area (Å²) in [5.74, 6) is 0.982. The lowest BCUT2D eigenvalue weighted by molar-refractivity contribution is 0.818. The summed E-state index contributed by atoms with van der Waals surface area (Å²) in [6.07, 6.45) is 2.01. The Labute approximate surface area is 166 Å². The summed E-state index contributed by atoms with van der Waals surface area (Å²) in [6, 6.07) is 23.2. The third-order valence-corrected chi connectivity index (χ3v) is 5.05. The Hall–Kier alpha value is -3.14. The smallest absolute Gasteiger partial charge is 0.165 e. The quantitative estimate of drug-likeness (QED) is 0.464. The molecule has 0 radical (unpaired) electrons. The van der Waals surface area contributed by atoms with Gasteiger partial charge in [0, 0.05) is 23.4 Å². The molecule has 2 heterocycles. The molecule has 2 aromatic heterocycles. The van der Waals surface area contributed by atoms with Gasteiger partial charge in [-0.25, -0.2) is 4.98 Å². The molecule has 0 fully saturated rings. The first kappa shape index (κ1) is 18.2. The highest BCUT2D eigenvalue weighted by Crippen LogP contribution is 2.30. The van der Waals surface area contributed by atoms with Crippen molar-refractivity contribution in [1.82, 2.24) is 14.6 Å². The van der Waals surface area contributed by atoms with Crippen molar-refractivity contribution in [2.45, 2.75) is 39.7 Å². The fourth-order valence-electron chi connectivity index (χ4n) is 3.65. The van der Waals surface area contributed by atoms with Crippen molar-refractivity contribution < 1.29 is 0 Å². The van der Waals surface area contributed by atoms with Crippen LogP contribution in [0, 0.1) is 6.92 Å². The molecule has 0 saturated carbocycles. The molecule has 0 spiro atoms. The van der Waals surface area contributed by atoms with Gasteiger partial charge in [-0.05, 0) is 31.4 Å². The van der Waals surface area contributed by atoms with Gasteiger partial charge in [-0.15, -0.1) is 0 Å². The van der Waals surface area contributed by atoms with Crippen LogP contribution in [0.5, 0.6) is 0 Å². The van der Waals surface area contributed by atoms with Crippen LogP contribution in [0.3, 0.4) is 0 Å². The van der Waals surface area contributed by atoms with E-state index in [1.54, 1.807) is 0 Å². The van der Waals surface area contributed by atoms with Gasteiger partial charge >= 0.3 is 0 Å². The van der Waals surface area contributed by atoms with Gasteiger partial charge in [0.15, 0.2) is 5.65 Å². The maximum atomic E-state index is 4.96. The van der Waals surface area contributed by atoms with Crippen molar-refractivity contribution in [2.24, 2.45) is 0 Å². The van der Waals surface area contributed by atoms with E-state index in [1.165, 1.54) is 5.56 Å². The first-order valence-corrected chi connectivity index (χ1v) is 9.93. The van der Waals surface area contributed by atoms with Crippen LogP contribution >= 0.6 is 0 Å². The average molecular weight is 371 g/mol. The predicted octanol–water partition coefficient (Wildman–Crippen LogP) is 5.83. The van der Waals surface area contributed by atoms with Crippen molar-refractivity contribution in [3.63, 3.8) is 0 Å². The fraction of sp³-hybridized carbons (Fsp3) is 0.250. The number of benzene rings is 2. The minimum absolute atomic E-state index is 0.172. The van der Waals surface area contributed by atoms with E-state index in [-0.39, 0.29) is 6.04 Å². The zero-order chi connectivity index (χ0) is 19.5. The summed E-state index contributed by atoms with van der Waals surface area (Å²) in [7, 11) is 0. The van der Waals surface area contributed by atoms with Crippen LogP contribution in [0.25, 0.3) is 16.8 Å². The summed E-state index contributed by atoms with van der Waals surface area (Å²) < 4.78 is 1.95.